The zero-order chi connectivity index (χ0) is 26.4. The van der Waals surface area contributed by atoms with Crippen LogP contribution in [-0.2, 0) is 0 Å². The highest BCUT2D eigenvalue weighted by atomic mass is 35.5. The summed E-state index contributed by atoms with van der Waals surface area (Å²) in [5.74, 6) is 0.946. The second-order valence-corrected chi connectivity index (χ2v) is 10.2. The molecule has 1 amide bonds. The quantitative estimate of drug-likeness (QED) is 0.215. The Hall–Kier alpha value is -4.42. The molecule has 0 aliphatic rings. The molecule has 6 nitrogen and oxygen atoms in total. The van der Waals surface area contributed by atoms with Crippen LogP contribution in [0.25, 0.3) is 55.1 Å². The molecule has 2 aromatic heterocycles. The van der Waals surface area contributed by atoms with E-state index >= 15 is 0 Å². The minimum atomic E-state index is -0.169. The highest BCUT2D eigenvalue weighted by Gasteiger charge is 2.17. The van der Waals surface area contributed by atoms with Gasteiger partial charge in [-0.25, -0.2) is 4.98 Å². The minimum absolute atomic E-state index is 0.0865. The molecule has 0 aliphatic heterocycles. The van der Waals surface area contributed by atoms with Crippen LogP contribution >= 0.6 is 11.6 Å². The van der Waals surface area contributed by atoms with Crippen LogP contribution in [0.4, 0.5) is 0 Å². The fourth-order valence-electron chi connectivity index (χ4n) is 4.85. The first-order valence-electron chi connectivity index (χ1n) is 12.5. The monoisotopic (exact) mass is 520 g/mol. The summed E-state index contributed by atoms with van der Waals surface area (Å²) in [5, 5.41) is 6.60. The molecule has 6 aromatic rings. The Bertz CT molecular complexity index is 1900. The van der Waals surface area contributed by atoms with Crippen molar-refractivity contribution in [2.45, 2.75) is 13.8 Å². The van der Waals surface area contributed by atoms with Gasteiger partial charge in [-0.3, -0.25) is 9.59 Å². The molecule has 0 radical (unpaired) electrons. The van der Waals surface area contributed by atoms with Gasteiger partial charge in [0.15, 0.2) is 0 Å². The second kappa shape index (κ2) is 9.47. The fraction of sp³-hybridized carbons (Fsp3) is 0.129. The lowest BCUT2D eigenvalue weighted by Gasteiger charge is -2.10. The lowest BCUT2D eigenvalue weighted by atomic mass is 9.96. The van der Waals surface area contributed by atoms with Crippen molar-refractivity contribution in [1.82, 2.24) is 20.3 Å². The first-order valence-corrected chi connectivity index (χ1v) is 12.9. The molecule has 0 spiro atoms. The Labute approximate surface area is 223 Å². The van der Waals surface area contributed by atoms with Gasteiger partial charge in [0, 0.05) is 34.6 Å². The summed E-state index contributed by atoms with van der Waals surface area (Å²) in [5.41, 5.74) is 4.70. The second-order valence-electron chi connectivity index (χ2n) is 9.83. The molecular formula is C31H25ClN4O2. The molecule has 0 atom stereocenters. The third kappa shape index (κ3) is 4.13. The topological polar surface area (TPSA) is 90.6 Å². The number of hydrogen-bond acceptors (Lipinski definition) is 3. The SMILES string of the molecule is CC(C)CNC(=O)c1ccc(-c2ccc3c(c2)c2c(=O)[nH]ccc2c2[nH]c(-c4ccccc4Cl)nc32)cc1. The molecule has 6 rings (SSSR count). The van der Waals surface area contributed by atoms with Crippen molar-refractivity contribution in [3.63, 3.8) is 0 Å². The van der Waals surface area contributed by atoms with Crippen LogP contribution in [-0.4, -0.2) is 27.4 Å². The van der Waals surface area contributed by atoms with Crippen molar-refractivity contribution in [1.29, 1.82) is 0 Å². The largest absolute Gasteiger partial charge is 0.352 e. The van der Waals surface area contributed by atoms with Crippen LogP contribution in [0.3, 0.4) is 0 Å². The van der Waals surface area contributed by atoms with Gasteiger partial charge < -0.3 is 15.3 Å². The van der Waals surface area contributed by atoms with Gasteiger partial charge >= 0.3 is 0 Å². The summed E-state index contributed by atoms with van der Waals surface area (Å²) >= 11 is 6.46. The fourth-order valence-corrected chi connectivity index (χ4v) is 5.07. The van der Waals surface area contributed by atoms with Crippen molar-refractivity contribution < 1.29 is 4.79 Å². The average molecular weight is 521 g/mol. The molecule has 0 fully saturated rings. The average Bonchev–Trinajstić information content (AvgIpc) is 3.37. The predicted molar refractivity (Wildman–Crippen MR) is 155 cm³/mol. The zero-order valence-electron chi connectivity index (χ0n) is 20.9. The van der Waals surface area contributed by atoms with Crippen LogP contribution in [0.2, 0.25) is 5.02 Å². The summed E-state index contributed by atoms with van der Waals surface area (Å²) in [4.78, 5) is 36.7. The Balaban J connectivity index is 1.51. The van der Waals surface area contributed by atoms with E-state index in [2.05, 4.69) is 29.1 Å². The van der Waals surface area contributed by atoms with Crippen molar-refractivity contribution in [3.8, 4) is 22.5 Å². The van der Waals surface area contributed by atoms with Crippen molar-refractivity contribution >= 4 is 50.1 Å². The van der Waals surface area contributed by atoms with E-state index in [9.17, 15) is 9.59 Å². The van der Waals surface area contributed by atoms with Gasteiger partial charge in [0.05, 0.1) is 21.4 Å². The van der Waals surface area contributed by atoms with E-state index in [1.54, 1.807) is 6.20 Å². The van der Waals surface area contributed by atoms with Gasteiger partial charge in [0.25, 0.3) is 11.5 Å². The highest BCUT2D eigenvalue weighted by molar-refractivity contribution is 6.33. The van der Waals surface area contributed by atoms with Gasteiger partial charge in [0.2, 0.25) is 0 Å². The molecule has 38 heavy (non-hydrogen) atoms. The number of imidazole rings is 1. The van der Waals surface area contributed by atoms with E-state index in [4.69, 9.17) is 16.6 Å². The molecule has 7 heteroatoms. The lowest BCUT2D eigenvalue weighted by molar-refractivity contribution is 0.0949. The van der Waals surface area contributed by atoms with E-state index in [-0.39, 0.29) is 11.5 Å². The van der Waals surface area contributed by atoms with Gasteiger partial charge in [-0.2, -0.15) is 0 Å². The number of pyridine rings is 1. The van der Waals surface area contributed by atoms with Gasteiger partial charge in [0.1, 0.15) is 5.82 Å². The Morgan fingerprint density at radius 1 is 0.947 bits per heavy atom. The molecule has 0 unspecified atom stereocenters. The number of nitrogens with zero attached hydrogens (tertiary/aromatic N) is 1. The molecule has 188 valence electrons. The maximum Gasteiger partial charge on any atom is 0.256 e. The van der Waals surface area contributed by atoms with Crippen LogP contribution < -0.4 is 10.9 Å². The number of aromatic nitrogens is 3. The standard InChI is InChI=1S/C31H25ClN4O2/c1-17(2)16-34-30(37)19-9-7-18(8-10-19)20-11-12-21-24(15-20)26-23(13-14-33-31(26)38)28-27(21)35-29(36-28)22-5-3-4-6-25(22)32/h3-15,17H,16H2,1-2H3,(H,33,38)(H,34,37)(H,35,36). The number of halogens is 1. The number of carbonyl (C=O) groups is 1. The van der Waals surface area contributed by atoms with Crippen molar-refractivity contribution in [3.05, 3.63) is 99.9 Å². The van der Waals surface area contributed by atoms with E-state index in [0.717, 1.165) is 43.9 Å². The lowest BCUT2D eigenvalue weighted by Crippen LogP contribution is -2.27. The van der Waals surface area contributed by atoms with Gasteiger partial charge in [-0.15, -0.1) is 0 Å². The maximum absolute atomic E-state index is 13.1. The van der Waals surface area contributed by atoms with E-state index < -0.39 is 0 Å². The number of carbonyl (C=O) groups excluding carboxylic acids is 1. The number of rotatable bonds is 5. The number of amides is 1. The maximum atomic E-state index is 13.1. The molecule has 0 saturated heterocycles. The minimum Gasteiger partial charge on any atom is -0.352 e. The molecule has 0 bridgehead atoms. The summed E-state index contributed by atoms with van der Waals surface area (Å²) in [6.07, 6.45) is 1.65. The molecular weight excluding hydrogens is 496 g/mol. The summed E-state index contributed by atoms with van der Waals surface area (Å²) in [6.45, 7) is 4.76. The Kier molecular flexibility index (Phi) is 5.97. The Morgan fingerprint density at radius 3 is 2.47 bits per heavy atom. The third-order valence-corrected chi connectivity index (χ3v) is 7.09. The number of nitrogens with one attached hydrogen (secondary N) is 3. The van der Waals surface area contributed by atoms with Crippen LogP contribution in [0.15, 0.2) is 83.8 Å². The van der Waals surface area contributed by atoms with E-state index in [1.165, 1.54) is 0 Å². The van der Waals surface area contributed by atoms with E-state index in [1.807, 2.05) is 72.8 Å². The molecule has 3 N–H and O–H groups in total. The van der Waals surface area contributed by atoms with E-state index in [0.29, 0.717) is 34.3 Å². The molecule has 4 aromatic carbocycles. The summed E-state index contributed by atoms with van der Waals surface area (Å²) in [7, 11) is 0. The molecule has 2 heterocycles. The van der Waals surface area contributed by atoms with Crippen LogP contribution in [0.1, 0.15) is 24.2 Å². The number of hydrogen-bond donors (Lipinski definition) is 3. The Morgan fingerprint density at radius 2 is 1.71 bits per heavy atom. The summed E-state index contributed by atoms with van der Waals surface area (Å²) < 4.78 is 0. The van der Waals surface area contributed by atoms with Crippen molar-refractivity contribution in [2.24, 2.45) is 5.92 Å². The van der Waals surface area contributed by atoms with Gasteiger partial charge in [-0.1, -0.05) is 61.8 Å². The zero-order valence-corrected chi connectivity index (χ0v) is 21.7. The highest BCUT2D eigenvalue weighted by Crippen LogP contribution is 2.37. The number of fused-ring (bicyclic) bond motifs is 6. The normalized spacial score (nSPS) is 11.6. The molecule has 0 aliphatic carbocycles. The number of benzene rings is 4. The first kappa shape index (κ1) is 23.9. The number of aromatic amines is 2. The third-order valence-electron chi connectivity index (χ3n) is 6.76. The first-order chi connectivity index (χ1) is 18.4. The van der Waals surface area contributed by atoms with Crippen LogP contribution in [0, 0.1) is 5.92 Å². The predicted octanol–water partition coefficient (Wildman–Crippen LogP) is 6.93. The van der Waals surface area contributed by atoms with Crippen molar-refractivity contribution in [2.75, 3.05) is 6.54 Å². The van der Waals surface area contributed by atoms with Crippen LogP contribution in [0.5, 0.6) is 0 Å². The smallest absolute Gasteiger partial charge is 0.256 e. The number of H-pyrrole nitrogens is 2. The molecule has 0 saturated carbocycles. The summed E-state index contributed by atoms with van der Waals surface area (Å²) in [6, 6.07) is 23.0. The van der Waals surface area contributed by atoms with Gasteiger partial charge in [-0.05, 0) is 58.8 Å².